The van der Waals surface area contributed by atoms with Crippen LogP contribution in [0.4, 0.5) is 16.2 Å². The summed E-state index contributed by atoms with van der Waals surface area (Å²) in [6.45, 7) is 0. The molecule has 13 nitrogen and oxygen atoms in total. The van der Waals surface area contributed by atoms with Gasteiger partial charge in [-0.1, -0.05) is 30.7 Å². The Balaban J connectivity index is 1.65. The molecule has 2 saturated heterocycles. The van der Waals surface area contributed by atoms with E-state index in [0.717, 1.165) is 6.42 Å². The second-order valence-corrected chi connectivity index (χ2v) is 9.30. The van der Waals surface area contributed by atoms with Gasteiger partial charge in [0.15, 0.2) is 0 Å². The third-order valence-corrected chi connectivity index (χ3v) is 7.18. The van der Waals surface area contributed by atoms with Crippen LogP contribution in [-0.4, -0.2) is 33.6 Å². The lowest BCUT2D eigenvalue weighted by molar-refractivity contribution is -0.385. The number of rotatable bonds is 4. The van der Waals surface area contributed by atoms with Gasteiger partial charge in [-0.3, -0.25) is 29.8 Å². The van der Waals surface area contributed by atoms with Crippen molar-refractivity contribution in [2.75, 3.05) is 0 Å². The molecule has 2 atom stereocenters. The fourth-order valence-corrected chi connectivity index (χ4v) is 5.34. The zero-order valence-corrected chi connectivity index (χ0v) is 19.4. The van der Waals surface area contributed by atoms with Crippen LogP contribution in [0.1, 0.15) is 55.3 Å². The molecule has 2 aromatic carbocycles. The number of hydrogen-bond acceptors (Lipinski definition) is 9. The second-order valence-electron chi connectivity index (χ2n) is 9.30. The van der Waals surface area contributed by atoms with Gasteiger partial charge in [0, 0.05) is 37.1 Å². The van der Waals surface area contributed by atoms with Gasteiger partial charge in [-0.2, -0.15) is 0 Å². The molecule has 2 amide bonds. The summed E-state index contributed by atoms with van der Waals surface area (Å²) in [6.07, 6.45) is 2.96. The van der Waals surface area contributed by atoms with E-state index in [-0.39, 0.29) is 22.5 Å². The van der Waals surface area contributed by atoms with Crippen LogP contribution in [0.2, 0.25) is 0 Å². The molecule has 37 heavy (non-hydrogen) atoms. The van der Waals surface area contributed by atoms with Gasteiger partial charge in [-0.25, -0.2) is 4.79 Å². The topological polar surface area (TPSA) is 180 Å². The maximum Gasteiger partial charge on any atom is 0.331 e. The average Bonchev–Trinajstić information content (AvgIpc) is 2.88. The Hall–Kier alpha value is -4.55. The summed E-state index contributed by atoms with van der Waals surface area (Å²) in [7, 11) is 0. The fourth-order valence-electron chi connectivity index (χ4n) is 5.34. The lowest BCUT2D eigenvalue weighted by Crippen LogP contribution is -2.69. The first-order valence-electron chi connectivity index (χ1n) is 11.7. The van der Waals surface area contributed by atoms with E-state index in [2.05, 4.69) is 10.6 Å². The zero-order chi connectivity index (χ0) is 26.4. The number of carbonyl (C=O) groups is 3. The van der Waals surface area contributed by atoms with E-state index < -0.39 is 51.1 Å². The normalized spacial score (nSPS) is 23.9. The van der Waals surface area contributed by atoms with Crippen molar-refractivity contribution in [2.45, 2.75) is 50.0 Å². The Morgan fingerprint density at radius 3 is 1.49 bits per heavy atom. The summed E-state index contributed by atoms with van der Waals surface area (Å²) >= 11 is 0. The van der Waals surface area contributed by atoms with Crippen molar-refractivity contribution >= 4 is 29.3 Å². The molecule has 3 fully saturated rings. The Morgan fingerprint density at radius 2 is 1.11 bits per heavy atom. The van der Waals surface area contributed by atoms with Gasteiger partial charge in [0.1, 0.15) is 0 Å². The summed E-state index contributed by atoms with van der Waals surface area (Å²) < 4.78 is 11.7. The van der Waals surface area contributed by atoms with Gasteiger partial charge in [0.05, 0.1) is 21.9 Å². The highest BCUT2D eigenvalue weighted by Gasteiger charge is 2.69. The average molecular weight is 510 g/mol. The first-order chi connectivity index (χ1) is 17.7. The smallest absolute Gasteiger partial charge is 0.331 e. The molecular weight excluding hydrogens is 488 g/mol. The zero-order valence-electron chi connectivity index (χ0n) is 19.4. The van der Waals surface area contributed by atoms with Gasteiger partial charge in [0.2, 0.25) is 5.41 Å². The largest absolute Gasteiger partial charge is 0.421 e. The van der Waals surface area contributed by atoms with Crippen molar-refractivity contribution in [3.63, 3.8) is 0 Å². The summed E-state index contributed by atoms with van der Waals surface area (Å²) in [5.41, 5.74) is -2.13. The number of ether oxygens (including phenoxy) is 2. The van der Waals surface area contributed by atoms with E-state index in [1.807, 2.05) is 0 Å². The third-order valence-electron chi connectivity index (χ3n) is 7.18. The molecule has 0 bridgehead atoms. The van der Waals surface area contributed by atoms with Crippen molar-refractivity contribution in [2.24, 2.45) is 5.41 Å². The number of nitro benzene ring substituents is 2. The number of nitro groups is 2. The lowest BCUT2D eigenvalue weighted by atomic mass is 9.67. The summed E-state index contributed by atoms with van der Waals surface area (Å²) in [6, 6.07) is 6.79. The van der Waals surface area contributed by atoms with E-state index in [0.29, 0.717) is 25.7 Å². The van der Waals surface area contributed by atoms with Crippen LogP contribution >= 0.6 is 0 Å². The molecule has 0 aromatic heterocycles. The first-order valence-corrected chi connectivity index (χ1v) is 11.7. The number of urea groups is 1. The Kier molecular flexibility index (Phi) is 5.77. The quantitative estimate of drug-likeness (QED) is 0.270. The summed E-state index contributed by atoms with van der Waals surface area (Å²) in [5.74, 6) is -3.26. The number of esters is 2. The van der Waals surface area contributed by atoms with E-state index >= 15 is 0 Å². The minimum absolute atomic E-state index is 0.222. The molecule has 2 aromatic rings. The highest BCUT2D eigenvalue weighted by atomic mass is 16.7. The van der Waals surface area contributed by atoms with Gasteiger partial charge in [-0.05, 0) is 24.0 Å². The molecule has 1 aliphatic carbocycles. The number of hydrogen-bond donors (Lipinski definition) is 2. The number of non-ortho nitro benzene ring substituents is 2. The maximum atomic E-state index is 13.9. The van der Waals surface area contributed by atoms with Gasteiger partial charge >= 0.3 is 18.0 Å². The van der Waals surface area contributed by atoms with Crippen molar-refractivity contribution in [1.29, 1.82) is 0 Å². The van der Waals surface area contributed by atoms with E-state index in [9.17, 15) is 34.6 Å². The molecule has 3 aliphatic rings. The predicted molar refractivity (Wildman–Crippen MR) is 124 cm³/mol. The molecule has 5 rings (SSSR count). The van der Waals surface area contributed by atoms with Gasteiger partial charge < -0.3 is 20.1 Å². The van der Waals surface area contributed by atoms with Crippen LogP contribution in [0.25, 0.3) is 0 Å². The van der Waals surface area contributed by atoms with Crippen LogP contribution in [0, 0.1) is 25.6 Å². The minimum Gasteiger partial charge on any atom is -0.421 e. The van der Waals surface area contributed by atoms with Crippen LogP contribution in [-0.2, 0) is 19.1 Å². The molecule has 13 heteroatoms. The second kappa shape index (κ2) is 8.84. The highest BCUT2D eigenvalue weighted by molar-refractivity contribution is 6.05. The molecule has 2 aliphatic heterocycles. The number of carbonyl (C=O) groups excluding carboxylic acids is 3. The monoisotopic (exact) mass is 510 g/mol. The van der Waals surface area contributed by atoms with Crippen LogP contribution < -0.4 is 10.6 Å². The van der Waals surface area contributed by atoms with Gasteiger partial charge in [-0.15, -0.1) is 0 Å². The van der Waals surface area contributed by atoms with E-state index in [1.165, 1.54) is 48.5 Å². The van der Waals surface area contributed by atoms with Crippen molar-refractivity contribution in [3.05, 3.63) is 79.9 Å². The van der Waals surface area contributed by atoms with Crippen LogP contribution in [0.15, 0.2) is 48.5 Å². The van der Waals surface area contributed by atoms with Crippen molar-refractivity contribution < 1.29 is 33.7 Å². The van der Waals surface area contributed by atoms with E-state index in [1.54, 1.807) is 0 Å². The molecule has 2 spiro atoms. The molecule has 0 radical (unpaired) electrons. The molecule has 1 saturated carbocycles. The first kappa shape index (κ1) is 24.2. The van der Waals surface area contributed by atoms with Crippen LogP contribution in [0.5, 0.6) is 0 Å². The Labute approximate surface area is 209 Å². The highest BCUT2D eigenvalue weighted by Crippen LogP contribution is 2.54. The summed E-state index contributed by atoms with van der Waals surface area (Å²) in [4.78, 5) is 61.8. The number of benzene rings is 2. The fraction of sp³-hybridized carbons (Fsp3) is 0.375. The van der Waals surface area contributed by atoms with Crippen LogP contribution in [0.3, 0.4) is 0 Å². The van der Waals surface area contributed by atoms with E-state index in [4.69, 9.17) is 9.47 Å². The SMILES string of the molecule is O=C1N[C@H](c2ccc([N+](=O)[O-])cc2)C2(C(=O)OC3(CCCCC3)OC2=O)[C@H](c2ccc([N+](=O)[O-])cc2)N1. The standard InChI is InChI=1S/C24H22N4O9/c29-20-24(21(30)37-23(36-20)12-2-1-3-13-23)18(14-4-8-16(9-5-14)27(32)33)25-22(31)26-19(24)15-6-10-17(11-7-15)28(34)35/h4-11,18-19H,1-3,12-13H2,(H2,25,26,31)/t18-,19+. The van der Waals surface area contributed by atoms with Crippen molar-refractivity contribution in [1.82, 2.24) is 10.6 Å². The number of amides is 2. The molecule has 2 N–H and O–H groups in total. The summed E-state index contributed by atoms with van der Waals surface area (Å²) in [5, 5.41) is 27.5. The lowest BCUT2D eigenvalue weighted by Gasteiger charge is -2.52. The molecule has 0 unspecified atom stereocenters. The molecule has 2 heterocycles. The maximum absolute atomic E-state index is 13.9. The Morgan fingerprint density at radius 1 is 0.703 bits per heavy atom. The Bertz CT molecular complexity index is 1190. The van der Waals surface area contributed by atoms with Gasteiger partial charge in [0.25, 0.3) is 17.2 Å². The number of nitrogens with one attached hydrogen (secondary N) is 2. The predicted octanol–water partition coefficient (Wildman–Crippen LogP) is 3.35. The minimum atomic E-state index is -2.16. The molecular formula is C24H22N4O9. The number of nitrogens with zero attached hydrogens (tertiary/aromatic N) is 2. The molecule has 192 valence electrons. The van der Waals surface area contributed by atoms with Crippen molar-refractivity contribution in [3.8, 4) is 0 Å². The third kappa shape index (κ3) is 3.92.